The van der Waals surface area contributed by atoms with Gasteiger partial charge in [-0.25, -0.2) is 4.98 Å². The van der Waals surface area contributed by atoms with E-state index in [4.69, 9.17) is 4.74 Å². The number of hydrogen-bond acceptors (Lipinski definition) is 6. The Morgan fingerprint density at radius 3 is 2.84 bits per heavy atom. The third-order valence-corrected chi connectivity index (χ3v) is 4.78. The van der Waals surface area contributed by atoms with E-state index in [1.165, 1.54) is 13.4 Å². The lowest BCUT2D eigenvalue weighted by Gasteiger charge is -2.23. The summed E-state index contributed by atoms with van der Waals surface area (Å²) in [6, 6.07) is 12.0. The number of carbonyl (C=O) groups is 1. The normalized spacial score (nSPS) is 20.2. The average Bonchev–Trinajstić information content (AvgIpc) is 3.28. The van der Waals surface area contributed by atoms with Crippen molar-refractivity contribution >= 4 is 17.6 Å². The van der Waals surface area contributed by atoms with Crippen LogP contribution >= 0.6 is 0 Å². The summed E-state index contributed by atoms with van der Waals surface area (Å²) in [4.78, 5) is 23.1. The summed E-state index contributed by atoms with van der Waals surface area (Å²) in [5.74, 6) is 1.25. The number of anilines is 1. The topological polar surface area (TPSA) is 72.6 Å². The molecule has 1 atom stereocenters. The molecule has 2 aromatic heterocycles. The van der Waals surface area contributed by atoms with Gasteiger partial charge in [-0.2, -0.15) is 14.6 Å². The molecule has 0 bridgehead atoms. The molecule has 1 saturated heterocycles. The van der Waals surface area contributed by atoms with Crippen molar-refractivity contribution in [1.29, 1.82) is 0 Å². The van der Waals surface area contributed by atoms with Crippen LogP contribution in [0.25, 0.3) is 17.0 Å². The molecule has 7 nitrogen and oxygen atoms in total. The summed E-state index contributed by atoms with van der Waals surface area (Å²) in [5.41, 5.74) is 1.34. The SMILES string of the molecule is COC(=O)C1(C)CCN(c2cc(-c3ccccc3)nc3ncnn23)C1. The van der Waals surface area contributed by atoms with Crippen molar-refractivity contribution < 1.29 is 9.53 Å². The first kappa shape index (κ1) is 15.6. The highest BCUT2D eigenvalue weighted by molar-refractivity contribution is 5.78. The van der Waals surface area contributed by atoms with E-state index in [0.717, 1.165) is 30.0 Å². The fourth-order valence-corrected chi connectivity index (χ4v) is 3.35. The van der Waals surface area contributed by atoms with E-state index in [0.29, 0.717) is 12.3 Å². The van der Waals surface area contributed by atoms with E-state index in [1.807, 2.05) is 43.3 Å². The molecule has 0 radical (unpaired) electrons. The van der Waals surface area contributed by atoms with Gasteiger partial charge < -0.3 is 9.64 Å². The number of methoxy groups -OCH3 is 1. The lowest BCUT2D eigenvalue weighted by Crippen LogP contribution is -2.33. The van der Waals surface area contributed by atoms with Gasteiger partial charge in [0.05, 0.1) is 18.2 Å². The van der Waals surface area contributed by atoms with E-state index in [1.54, 1.807) is 4.52 Å². The number of aromatic nitrogens is 4. The van der Waals surface area contributed by atoms with Gasteiger partial charge in [0.15, 0.2) is 0 Å². The first-order valence-corrected chi connectivity index (χ1v) is 8.20. The maximum Gasteiger partial charge on any atom is 0.313 e. The van der Waals surface area contributed by atoms with Crippen LogP contribution in [0.1, 0.15) is 13.3 Å². The first-order chi connectivity index (χ1) is 12.1. The van der Waals surface area contributed by atoms with Gasteiger partial charge in [0.2, 0.25) is 0 Å². The Kier molecular flexibility index (Phi) is 3.63. The van der Waals surface area contributed by atoms with Gasteiger partial charge in [-0.1, -0.05) is 30.3 Å². The molecule has 1 fully saturated rings. The Morgan fingerprint density at radius 1 is 1.28 bits per heavy atom. The minimum Gasteiger partial charge on any atom is -0.469 e. The average molecular weight is 337 g/mol. The number of ether oxygens (including phenoxy) is 1. The van der Waals surface area contributed by atoms with Crippen molar-refractivity contribution in [2.45, 2.75) is 13.3 Å². The summed E-state index contributed by atoms with van der Waals surface area (Å²) >= 11 is 0. The van der Waals surface area contributed by atoms with E-state index in [9.17, 15) is 4.79 Å². The predicted molar refractivity (Wildman–Crippen MR) is 93.2 cm³/mol. The van der Waals surface area contributed by atoms with E-state index in [2.05, 4.69) is 20.0 Å². The van der Waals surface area contributed by atoms with Gasteiger partial charge in [0.1, 0.15) is 12.1 Å². The molecule has 3 aromatic rings. The summed E-state index contributed by atoms with van der Waals surface area (Å²) in [7, 11) is 1.44. The van der Waals surface area contributed by atoms with Gasteiger partial charge in [0.25, 0.3) is 5.78 Å². The molecule has 4 rings (SSSR count). The van der Waals surface area contributed by atoms with Crippen LogP contribution < -0.4 is 4.90 Å². The molecule has 1 aromatic carbocycles. The third-order valence-electron chi connectivity index (χ3n) is 4.78. The number of nitrogens with zero attached hydrogens (tertiary/aromatic N) is 5. The minimum atomic E-state index is -0.516. The Morgan fingerprint density at radius 2 is 2.08 bits per heavy atom. The smallest absolute Gasteiger partial charge is 0.313 e. The maximum absolute atomic E-state index is 12.1. The highest BCUT2D eigenvalue weighted by Crippen LogP contribution is 2.35. The number of rotatable bonds is 3. The first-order valence-electron chi connectivity index (χ1n) is 8.20. The van der Waals surface area contributed by atoms with E-state index >= 15 is 0 Å². The van der Waals surface area contributed by atoms with Crippen molar-refractivity contribution in [3.63, 3.8) is 0 Å². The monoisotopic (exact) mass is 337 g/mol. The van der Waals surface area contributed by atoms with Crippen molar-refractivity contribution in [2.75, 3.05) is 25.1 Å². The van der Waals surface area contributed by atoms with Gasteiger partial charge in [0, 0.05) is 24.7 Å². The van der Waals surface area contributed by atoms with Gasteiger partial charge in [-0.3, -0.25) is 4.79 Å². The third kappa shape index (κ3) is 2.61. The molecule has 3 heterocycles. The molecule has 0 aliphatic carbocycles. The van der Waals surface area contributed by atoms with Gasteiger partial charge in [-0.15, -0.1) is 0 Å². The van der Waals surface area contributed by atoms with Gasteiger partial charge >= 0.3 is 5.97 Å². The molecule has 128 valence electrons. The molecule has 1 aliphatic rings. The summed E-state index contributed by atoms with van der Waals surface area (Å²) in [6.45, 7) is 3.27. The molecule has 0 N–H and O–H groups in total. The quantitative estimate of drug-likeness (QED) is 0.682. The molecule has 1 unspecified atom stereocenters. The van der Waals surface area contributed by atoms with Gasteiger partial charge in [-0.05, 0) is 13.3 Å². The zero-order chi connectivity index (χ0) is 17.4. The molecule has 0 spiro atoms. The molecule has 0 amide bonds. The summed E-state index contributed by atoms with van der Waals surface area (Å²) < 4.78 is 6.69. The lowest BCUT2D eigenvalue weighted by atomic mass is 9.90. The Bertz CT molecular complexity index is 924. The highest BCUT2D eigenvalue weighted by atomic mass is 16.5. The Labute approximate surface area is 145 Å². The number of carbonyl (C=O) groups excluding carboxylic acids is 1. The maximum atomic E-state index is 12.1. The number of benzene rings is 1. The zero-order valence-electron chi connectivity index (χ0n) is 14.2. The van der Waals surface area contributed by atoms with Crippen molar-refractivity contribution in [2.24, 2.45) is 5.41 Å². The molecule has 25 heavy (non-hydrogen) atoms. The van der Waals surface area contributed by atoms with Crippen molar-refractivity contribution in [3.05, 3.63) is 42.7 Å². The number of hydrogen-bond donors (Lipinski definition) is 0. The van der Waals surface area contributed by atoms with Crippen LogP contribution in [-0.2, 0) is 9.53 Å². The van der Waals surface area contributed by atoms with Crippen molar-refractivity contribution in [1.82, 2.24) is 19.6 Å². The van der Waals surface area contributed by atoms with Crippen LogP contribution in [-0.4, -0.2) is 45.8 Å². The highest BCUT2D eigenvalue weighted by Gasteiger charge is 2.42. The summed E-state index contributed by atoms with van der Waals surface area (Å²) in [6.07, 6.45) is 2.23. The second kappa shape index (κ2) is 5.84. The Balaban J connectivity index is 1.77. The van der Waals surface area contributed by atoms with Crippen LogP contribution in [0, 0.1) is 5.41 Å². The number of fused-ring (bicyclic) bond motifs is 1. The van der Waals surface area contributed by atoms with Crippen LogP contribution in [0.15, 0.2) is 42.7 Å². The van der Waals surface area contributed by atoms with E-state index in [-0.39, 0.29) is 5.97 Å². The molecular weight excluding hydrogens is 318 g/mol. The molecular formula is C18H19N5O2. The van der Waals surface area contributed by atoms with Crippen molar-refractivity contribution in [3.8, 4) is 11.3 Å². The lowest BCUT2D eigenvalue weighted by molar-refractivity contribution is -0.150. The molecule has 1 aliphatic heterocycles. The second-order valence-corrected chi connectivity index (χ2v) is 6.56. The summed E-state index contributed by atoms with van der Waals surface area (Å²) in [5, 5.41) is 4.30. The predicted octanol–water partition coefficient (Wildman–Crippen LogP) is 2.18. The fourth-order valence-electron chi connectivity index (χ4n) is 3.35. The van der Waals surface area contributed by atoms with Crippen LogP contribution in [0.2, 0.25) is 0 Å². The second-order valence-electron chi connectivity index (χ2n) is 6.56. The molecule has 0 saturated carbocycles. The zero-order valence-corrected chi connectivity index (χ0v) is 14.2. The van der Waals surface area contributed by atoms with Crippen LogP contribution in [0.4, 0.5) is 5.82 Å². The largest absolute Gasteiger partial charge is 0.469 e. The minimum absolute atomic E-state index is 0.179. The standard InChI is InChI=1S/C18H19N5O2/c1-18(16(24)25-2)8-9-22(11-18)15-10-14(13-6-4-3-5-7-13)21-17-19-12-20-23(15)17/h3-7,10,12H,8-9,11H2,1-2H3. The fraction of sp³-hybridized carbons (Fsp3) is 0.333. The van der Waals surface area contributed by atoms with Crippen LogP contribution in [0.3, 0.4) is 0 Å². The molecule has 7 heteroatoms. The number of esters is 1. The van der Waals surface area contributed by atoms with E-state index < -0.39 is 5.41 Å². The Hall–Kier alpha value is -2.96. The van der Waals surface area contributed by atoms with Crippen LogP contribution in [0.5, 0.6) is 0 Å².